The Balaban J connectivity index is 1.93. The van der Waals surface area contributed by atoms with Crippen molar-refractivity contribution in [1.82, 2.24) is 10.6 Å². The van der Waals surface area contributed by atoms with Crippen molar-refractivity contribution in [3.63, 3.8) is 0 Å². The van der Waals surface area contributed by atoms with Crippen molar-refractivity contribution in [2.24, 2.45) is 0 Å². The van der Waals surface area contributed by atoms with Crippen LogP contribution in [-0.2, 0) is 4.79 Å². The van der Waals surface area contributed by atoms with Gasteiger partial charge in [0.25, 0.3) is 0 Å². The monoisotopic (exact) mass is 462 g/mol. The van der Waals surface area contributed by atoms with Gasteiger partial charge in [0.15, 0.2) is 6.17 Å². The number of carbonyl (C=O) groups excluding carboxylic acids is 1. The van der Waals surface area contributed by atoms with Gasteiger partial charge in [0.1, 0.15) is 12.7 Å². The zero-order chi connectivity index (χ0) is 24.0. The Kier molecular flexibility index (Phi) is 18.1. The molecule has 0 saturated carbocycles. The molecule has 4 heteroatoms. The molecule has 4 nitrogen and oxygen atoms in total. The molecule has 0 aromatic rings. The number of hydrogen-bond acceptors (Lipinski definition) is 2. The quantitative estimate of drug-likeness (QED) is 0.0989. The molecule has 0 saturated heterocycles. The van der Waals surface area contributed by atoms with E-state index in [1.165, 1.54) is 109 Å². The molecule has 1 aliphatic rings. The fraction of sp³-hybridized carbons (Fsp3) is 0.828. The van der Waals surface area contributed by atoms with Crippen molar-refractivity contribution in [1.29, 1.82) is 0 Å². The zero-order valence-corrected chi connectivity index (χ0v) is 22.4. The maximum absolute atomic E-state index is 11.2. The van der Waals surface area contributed by atoms with Gasteiger partial charge in [0.2, 0.25) is 5.91 Å². The average molecular weight is 463 g/mol. The highest BCUT2D eigenvalue weighted by Crippen LogP contribution is 2.23. The molecule has 0 aliphatic carbocycles. The lowest BCUT2D eigenvalue weighted by molar-refractivity contribution is -0.898. The summed E-state index contributed by atoms with van der Waals surface area (Å²) < 4.78 is 0.953. The van der Waals surface area contributed by atoms with Gasteiger partial charge in [-0.3, -0.25) is 9.28 Å². The van der Waals surface area contributed by atoms with E-state index in [4.69, 9.17) is 0 Å². The molecule has 0 aromatic carbocycles. The normalized spacial score (nSPS) is 19.9. The van der Waals surface area contributed by atoms with Crippen LogP contribution in [0, 0.1) is 0 Å². The third kappa shape index (κ3) is 14.6. The first kappa shape index (κ1) is 29.7. The van der Waals surface area contributed by atoms with Crippen LogP contribution in [0.4, 0.5) is 0 Å². The number of unbranched alkanes of at least 4 members (excludes halogenated alkanes) is 14. The van der Waals surface area contributed by atoms with E-state index in [1.807, 2.05) is 0 Å². The maximum atomic E-state index is 11.2. The van der Waals surface area contributed by atoms with E-state index in [0.29, 0.717) is 6.17 Å². The Morgan fingerprint density at radius 2 is 1.39 bits per heavy atom. The van der Waals surface area contributed by atoms with Crippen molar-refractivity contribution in [3.8, 4) is 0 Å². The summed E-state index contributed by atoms with van der Waals surface area (Å²) in [4.78, 5) is 11.2. The second-order valence-electron chi connectivity index (χ2n) is 10.1. The van der Waals surface area contributed by atoms with Crippen LogP contribution in [0.1, 0.15) is 130 Å². The first-order valence-electron chi connectivity index (χ1n) is 14.3. The van der Waals surface area contributed by atoms with E-state index in [1.54, 1.807) is 6.92 Å². The van der Waals surface area contributed by atoms with Crippen molar-refractivity contribution >= 4 is 5.91 Å². The molecule has 0 fully saturated rings. The zero-order valence-electron chi connectivity index (χ0n) is 22.4. The van der Waals surface area contributed by atoms with Gasteiger partial charge >= 0.3 is 0 Å². The van der Waals surface area contributed by atoms with Crippen LogP contribution >= 0.6 is 0 Å². The van der Waals surface area contributed by atoms with Gasteiger partial charge in [-0.25, -0.2) is 0 Å². The number of allylic oxidation sites excluding steroid dienone is 2. The topological polar surface area (TPSA) is 41.1 Å². The molecule has 0 aromatic heterocycles. The van der Waals surface area contributed by atoms with Crippen LogP contribution < -0.4 is 10.6 Å². The maximum Gasteiger partial charge on any atom is 0.217 e. The number of amides is 1. The minimum Gasteiger partial charge on any atom is -0.351 e. The number of nitrogens with zero attached hydrogens (tertiary/aromatic N) is 1. The van der Waals surface area contributed by atoms with E-state index in [0.717, 1.165) is 24.1 Å². The minimum absolute atomic E-state index is 0.0669. The summed E-state index contributed by atoms with van der Waals surface area (Å²) >= 11 is 0. The van der Waals surface area contributed by atoms with Crippen molar-refractivity contribution in [3.05, 3.63) is 24.6 Å². The first-order chi connectivity index (χ1) is 16.1. The van der Waals surface area contributed by atoms with Gasteiger partial charge < -0.3 is 10.6 Å². The van der Waals surface area contributed by atoms with Gasteiger partial charge in [-0.15, -0.1) is 0 Å². The summed E-state index contributed by atoms with van der Waals surface area (Å²) in [6, 6.07) is 0. The largest absolute Gasteiger partial charge is 0.351 e. The number of carbonyl (C=O) groups is 1. The van der Waals surface area contributed by atoms with Gasteiger partial charge in [-0.05, 0) is 39.0 Å². The number of likely N-dealkylation sites (N-methyl/N-ethyl adjacent to an activating group) is 1. The highest BCUT2D eigenvalue weighted by Gasteiger charge is 2.36. The SMILES string of the molecule is CCCCCCC/C=C/CCCCCCCCCCCC1NC=C[N+]1(CC)CCNC(C)=O. The molecule has 0 radical (unpaired) electrons. The van der Waals surface area contributed by atoms with Crippen LogP contribution in [-0.4, -0.2) is 36.2 Å². The predicted molar refractivity (Wildman–Crippen MR) is 144 cm³/mol. The Morgan fingerprint density at radius 1 is 0.848 bits per heavy atom. The minimum atomic E-state index is 0.0669. The molecule has 33 heavy (non-hydrogen) atoms. The number of hydrogen-bond donors (Lipinski definition) is 2. The number of nitrogens with one attached hydrogen (secondary N) is 2. The molecule has 2 N–H and O–H groups in total. The third-order valence-electron chi connectivity index (χ3n) is 7.26. The second kappa shape index (κ2) is 20.1. The molecular formula is C29H56N3O+. The molecule has 0 bridgehead atoms. The Bertz CT molecular complexity index is 531. The lowest BCUT2D eigenvalue weighted by Crippen LogP contribution is -2.55. The standard InChI is InChI=1S/C29H55N3O/c1-4-6-7-8-9-10-11-12-13-14-15-16-17-18-19-20-21-22-23-29-31-25-27-32(29,5-2)26-24-30-28(3)33/h11-12,25,27,29,31H,4-10,13-24,26H2,1-3H3/p+1/b12-11+. The molecule has 1 aliphatic heterocycles. The van der Waals surface area contributed by atoms with Crippen LogP contribution in [0.15, 0.2) is 24.6 Å². The van der Waals surface area contributed by atoms with Crippen LogP contribution in [0.3, 0.4) is 0 Å². The molecule has 2 unspecified atom stereocenters. The van der Waals surface area contributed by atoms with E-state index in [9.17, 15) is 4.79 Å². The lowest BCUT2D eigenvalue weighted by Gasteiger charge is -2.37. The predicted octanol–water partition coefficient (Wildman–Crippen LogP) is 7.57. The van der Waals surface area contributed by atoms with Crippen LogP contribution in [0.2, 0.25) is 0 Å². The number of quaternary nitrogens is 1. The smallest absolute Gasteiger partial charge is 0.217 e. The summed E-state index contributed by atoms with van der Waals surface area (Å²) in [6.07, 6.45) is 32.8. The van der Waals surface area contributed by atoms with Gasteiger partial charge in [0.05, 0.1) is 19.3 Å². The summed E-state index contributed by atoms with van der Waals surface area (Å²) in [7, 11) is 0. The van der Waals surface area contributed by atoms with Crippen LogP contribution in [0.25, 0.3) is 0 Å². The van der Waals surface area contributed by atoms with Crippen molar-refractivity contribution in [2.75, 3.05) is 19.6 Å². The summed E-state index contributed by atoms with van der Waals surface area (Å²) in [5.74, 6) is 0.0669. The van der Waals surface area contributed by atoms with Crippen LogP contribution in [0.5, 0.6) is 0 Å². The summed E-state index contributed by atoms with van der Waals surface area (Å²) in [5, 5.41) is 6.53. The molecule has 1 heterocycles. The van der Waals surface area contributed by atoms with Gasteiger partial charge in [-0.1, -0.05) is 89.7 Å². The van der Waals surface area contributed by atoms with E-state index in [2.05, 4.69) is 49.0 Å². The average Bonchev–Trinajstić information content (AvgIpc) is 3.21. The second-order valence-corrected chi connectivity index (χ2v) is 10.1. The van der Waals surface area contributed by atoms with Gasteiger partial charge in [0, 0.05) is 13.3 Å². The highest BCUT2D eigenvalue weighted by molar-refractivity contribution is 5.72. The first-order valence-corrected chi connectivity index (χ1v) is 14.3. The molecule has 2 atom stereocenters. The van der Waals surface area contributed by atoms with Crippen molar-refractivity contribution in [2.45, 2.75) is 136 Å². The lowest BCUT2D eigenvalue weighted by atomic mass is 10.0. The highest BCUT2D eigenvalue weighted by atomic mass is 16.1. The molecule has 0 spiro atoms. The fourth-order valence-electron chi connectivity index (χ4n) is 4.99. The molecular weight excluding hydrogens is 406 g/mol. The summed E-state index contributed by atoms with van der Waals surface area (Å²) in [5.41, 5.74) is 0. The Morgan fingerprint density at radius 3 is 1.94 bits per heavy atom. The van der Waals surface area contributed by atoms with E-state index in [-0.39, 0.29) is 5.91 Å². The molecule has 192 valence electrons. The van der Waals surface area contributed by atoms with E-state index < -0.39 is 0 Å². The Hall–Kier alpha value is -1.29. The summed E-state index contributed by atoms with van der Waals surface area (Å²) in [6.45, 7) is 8.93. The van der Waals surface area contributed by atoms with Gasteiger partial charge in [-0.2, -0.15) is 0 Å². The Labute approximate surface area is 206 Å². The van der Waals surface area contributed by atoms with E-state index >= 15 is 0 Å². The third-order valence-corrected chi connectivity index (χ3v) is 7.26. The molecule has 1 rings (SSSR count). The molecule has 1 amide bonds. The fourth-order valence-corrected chi connectivity index (χ4v) is 4.99. The number of rotatable bonds is 22. The van der Waals surface area contributed by atoms with Crippen molar-refractivity contribution < 1.29 is 9.28 Å².